The van der Waals surface area contributed by atoms with E-state index in [4.69, 9.17) is 0 Å². The Balaban J connectivity index is 1.43. The first-order valence-corrected chi connectivity index (χ1v) is 13.4. The summed E-state index contributed by atoms with van der Waals surface area (Å²) in [5, 5.41) is 14.7. The van der Waals surface area contributed by atoms with Gasteiger partial charge in [-0.25, -0.2) is 23.1 Å². The lowest BCUT2D eigenvalue weighted by Gasteiger charge is -2.14. The van der Waals surface area contributed by atoms with E-state index in [0.29, 0.717) is 28.7 Å². The Morgan fingerprint density at radius 3 is 2.33 bits per heavy atom. The first kappa shape index (κ1) is 25.3. The van der Waals surface area contributed by atoms with E-state index < -0.39 is 15.3 Å². The molecule has 11 nitrogen and oxygen atoms in total. The van der Waals surface area contributed by atoms with Crippen molar-refractivity contribution in [2.24, 2.45) is 0 Å². The summed E-state index contributed by atoms with van der Waals surface area (Å²) in [7, 11) is -3.90. The third-order valence-electron chi connectivity index (χ3n) is 4.99. The molecular formula is C23H24N8O3S2. The number of hydrogen-bond donors (Lipinski definition) is 2. The predicted octanol–water partition coefficient (Wildman–Crippen LogP) is 3.38. The molecule has 1 unspecified atom stereocenters. The summed E-state index contributed by atoms with van der Waals surface area (Å²) in [5.41, 5.74) is 2.55. The normalized spacial score (nSPS) is 12.2. The monoisotopic (exact) mass is 524 g/mol. The molecule has 0 spiro atoms. The van der Waals surface area contributed by atoms with E-state index in [1.54, 1.807) is 24.6 Å². The third kappa shape index (κ3) is 6.04. The van der Waals surface area contributed by atoms with Gasteiger partial charge in [0.1, 0.15) is 0 Å². The maximum atomic E-state index is 12.9. The number of amides is 1. The van der Waals surface area contributed by atoms with Crippen molar-refractivity contribution in [2.75, 3.05) is 10.0 Å². The SMILES string of the molecule is CCC(Sc1nnnn1-c1ccccc1)C(=O)Nc1ccc(S(=O)(=O)Nc2nc(C)cc(C)n2)cc1. The summed E-state index contributed by atoms with van der Waals surface area (Å²) in [5.74, 6) is -0.243. The van der Waals surface area contributed by atoms with Crippen LogP contribution in [0.2, 0.25) is 0 Å². The Morgan fingerprint density at radius 2 is 1.69 bits per heavy atom. The molecule has 0 aliphatic heterocycles. The van der Waals surface area contributed by atoms with Crippen LogP contribution in [0.25, 0.3) is 5.69 Å². The Labute approximate surface area is 212 Å². The number of anilines is 2. The van der Waals surface area contributed by atoms with Crippen LogP contribution in [0.5, 0.6) is 0 Å². The molecule has 0 bridgehead atoms. The maximum absolute atomic E-state index is 12.9. The molecule has 0 saturated heterocycles. The highest BCUT2D eigenvalue weighted by atomic mass is 32.2. The van der Waals surface area contributed by atoms with Crippen molar-refractivity contribution in [3.63, 3.8) is 0 Å². The number of aryl methyl sites for hydroxylation is 2. The van der Waals surface area contributed by atoms with Gasteiger partial charge >= 0.3 is 0 Å². The number of nitrogens with zero attached hydrogens (tertiary/aromatic N) is 6. The highest BCUT2D eigenvalue weighted by Crippen LogP contribution is 2.26. The molecule has 1 amide bonds. The first-order valence-electron chi connectivity index (χ1n) is 11.0. The van der Waals surface area contributed by atoms with E-state index in [2.05, 4.69) is 35.5 Å². The molecule has 0 aliphatic carbocycles. The zero-order valence-corrected chi connectivity index (χ0v) is 21.4. The number of para-hydroxylation sites is 1. The molecular weight excluding hydrogens is 500 g/mol. The van der Waals surface area contributed by atoms with Gasteiger partial charge in [0, 0.05) is 17.1 Å². The van der Waals surface area contributed by atoms with Crippen LogP contribution in [0.4, 0.5) is 11.6 Å². The molecule has 0 aliphatic rings. The van der Waals surface area contributed by atoms with Crippen LogP contribution < -0.4 is 10.0 Å². The maximum Gasteiger partial charge on any atom is 0.264 e. The fourth-order valence-electron chi connectivity index (χ4n) is 3.32. The average molecular weight is 525 g/mol. The minimum atomic E-state index is -3.90. The number of rotatable bonds is 9. The summed E-state index contributed by atoms with van der Waals surface area (Å²) in [6.07, 6.45) is 0.532. The Kier molecular flexibility index (Phi) is 7.60. The van der Waals surface area contributed by atoms with Crippen molar-refractivity contribution in [1.29, 1.82) is 0 Å². The van der Waals surface area contributed by atoms with Crippen LogP contribution >= 0.6 is 11.8 Å². The highest BCUT2D eigenvalue weighted by Gasteiger charge is 2.23. The highest BCUT2D eigenvalue weighted by molar-refractivity contribution is 8.00. The minimum absolute atomic E-state index is 0.00512. The summed E-state index contributed by atoms with van der Waals surface area (Å²) in [6.45, 7) is 5.41. The van der Waals surface area contributed by atoms with E-state index in [9.17, 15) is 13.2 Å². The van der Waals surface area contributed by atoms with Gasteiger partial charge in [0.05, 0.1) is 15.8 Å². The van der Waals surface area contributed by atoms with E-state index in [1.165, 1.54) is 36.0 Å². The number of sulfonamides is 1. The Bertz CT molecular complexity index is 1440. The van der Waals surface area contributed by atoms with Gasteiger partial charge < -0.3 is 5.32 Å². The first-order chi connectivity index (χ1) is 17.2. The van der Waals surface area contributed by atoms with Crippen LogP contribution in [0.15, 0.2) is 70.7 Å². The Hall–Kier alpha value is -3.84. The lowest BCUT2D eigenvalue weighted by atomic mass is 10.3. The van der Waals surface area contributed by atoms with Crippen molar-refractivity contribution < 1.29 is 13.2 Å². The second-order valence-electron chi connectivity index (χ2n) is 7.82. The second-order valence-corrected chi connectivity index (χ2v) is 10.7. The quantitative estimate of drug-likeness (QED) is 0.315. The lowest BCUT2D eigenvalue weighted by Crippen LogP contribution is -2.25. The molecule has 2 aromatic heterocycles. The summed E-state index contributed by atoms with van der Waals surface area (Å²) >= 11 is 1.25. The number of aromatic nitrogens is 6. The van der Waals surface area contributed by atoms with Crippen molar-refractivity contribution in [1.82, 2.24) is 30.2 Å². The number of hydrogen-bond acceptors (Lipinski definition) is 9. The molecule has 2 N–H and O–H groups in total. The van der Waals surface area contributed by atoms with Gasteiger partial charge in [0.25, 0.3) is 10.0 Å². The van der Waals surface area contributed by atoms with Crippen molar-refractivity contribution in [3.8, 4) is 5.69 Å². The van der Waals surface area contributed by atoms with Gasteiger partial charge in [-0.3, -0.25) is 4.79 Å². The van der Waals surface area contributed by atoms with Crippen LogP contribution in [0.3, 0.4) is 0 Å². The zero-order valence-electron chi connectivity index (χ0n) is 19.8. The number of tetrazole rings is 1. The van der Waals surface area contributed by atoms with Crippen molar-refractivity contribution >= 4 is 39.3 Å². The van der Waals surface area contributed by atoms with Gasteiger partial charge in [-0.2, -0.15) is 4.68 Å². The second kappa shape index (κ2) is 10.8. The van der Waals surface area contributed by atoms with Crippen LogP contribution in [0.1, 0.15) is 24.7 Å². The number of nitrogens with one attached hydrogen (secondary N) is 2. The fourth-order valence-corrected chi connectivity index (χ4v) is 5.18. The average Bonchev–Trinajstić information content (AvgIpc) is 3.30. The largest absolute Gasteiger partial charge is 0.325 e. The Morgan fingerprint density at radius 1 is 1.03 bits per heavy atom. The molecule has 0 radical (unpaired) electrons. The van der Waals surface area contributed by atoms with Crippen LogP contribution in [0, 0.1) is 13.8 Å². The molecule has 4 rings (SSSR count). The fraction of sp³-hybridized carbons (Fsp3) is 0.217. The predicted molar refractivity (Wildman–Crippen MR) is 136 cm³/mol. The van der Waals surface area contributed by atoms with Gasteiger partial charge in [-0.1, -0.05) is 36.9 Å². The van der Waals surface area contributed by atoms with E-state index >= 15 is 0 Å². The molecule has 2 heterocycles. The number of carbonyl (C=O) groups is 1. The summed E-state index contributed by atoms with van der Waals surface area (Å²) < 4.78 is 29.4. The van der Waals surface area contributed by atoms with Gasteiger partial charge in [0.2, 0.25) is 17.0 Å². The van der Waals surface area contributed by atoms with Crippen LogP contribution in [-0.2, 0) is 14.8 Å². The summed E-state index contributed by atoms with van der Waals surface area (Å²) in [4.78, 5) is 21.2. The molecule has 1 atom stereocenters. The number of thioether (sulfide) groups is 1. The molecule has 0 fully saturated rings. The summed E-state index contributed by atoms with van der Waals surface area (Å²) in [6, 6.07) is 17.0. The van der Waals surface area contributed by atoms with Gasteiger partial charge in [0.15, 0.2) is 0 Å². The number of carbonyl (C=O) groups excluding carboxylic acids is 1. The minimum Gasteiger partial charge on any atom is -0.325 e. The van der Waals surface area contributed by atoms with E-state index in [-0.39, 0.29) is 16.8 Å². The zero-order chi connectivity index (χ0) is 25.7. The standard InChI is InChI=1S/C23H24N8O3S2/c1-4-20(35-23-27-29-30-31(23)18-8-6-5-7-9-18)21(32)26-17-10-12-19(13-11-17)36(33,34)28-22-24-15(2)14-16(3)25-22/h5-14,20H,4H2,1-3H3,(H,26,32)(H,24,25,28). The van der Waals surface area contributed by atoms with Crippen molar-refractivity contribution in [3.05, 3.63) is 72.1 Å². The smallest absolute Gasteiger partial charge is 0.264 e. The van der Waals surface area contributed by atoms with Crippen molar-refractivity contribution in [2.45, 2.75) is 42.5 Å². The topological polar surface area (TPSA) is 145 Å². The van der Waals surface area contributed by atoms with E-state index in [1.807, 2.05) is 37.3 Å². The lowest BCUT2D eigenvalue weighted by molar-refractivity contribution is -0.115. The molecule has 4 aromatic rings. The molecule has 186 valence electrons. The molecule has 36 heavy (non-hydrogen) atoms. The molecule has 2 aromatic carbocycles. The molecule has 13 heteroatoms. The van der Waals surface area contributed by atoms with E-state index in [0.717, 1.165) is 5.69 Å². The third-order valence-corrected chi connectivity index (χ3v) is 7.63. The van der Waals surface area contributed by atoms with Gasteiger partial charge in [-0.05, 0) is 73.2 Å². The molecule has 0 saturated carbocycles. The van der Waals surface area contributed by atoms with Gasteiger partial charge in [-0.15, -0.1) is 5.10 Å². The van der Waals surface area contributed by atoms with Crippen LogP contribution in [-0.4, -0.2) is 49.8 Å². The number of benzene rings is 2.